The van der Waals surface area contributed by atoms with Crippen LogP contribution in [-0.4, -0.2) is 33.7 Å². The molecule has 3 rings (SSSR count). The van der Waals surface area contributed by atoms with Crippen molar-refractivity contribution in [3.8, 4) is 0 Å². The molecule has 4 N–H and O–H groups in total. The number of benzene rings is 1. The molecule has 1 fully saturated rings. The molecule has 1 amide bonds. The van der Waals surface area contributed by atoms with Crippen molar-refractivity contribution in [2.24, 2.45) is 5.73 Å². The highest BCUT2D eigenvalue weighted by atomic mass is 35.5. The first-order chi connectivity index (χ1) is 11.1. The van der Waals surface area contributed by atoms with Gasteiger partial charge >= 0.3 is 0 Å². The molecule has 1 aliphatic carbocycles. The number of amides is 1. The predicted molar refractivity (Wildman–Crippen MR) is 103 cm³/mol. The standard InChI is InChI=1S/C17H24N4OS.ClH/c1-12(16-19-13-6-2-3-7-14(13)20-16)23-10-15(22)21-17(11-18)8-4-5-9-17;/h2-3,6-7,12H,4-5,8-11,18H2,1H3,(H,19,20)(H,21,22);1H. The summed E-state index contributed by atoms with van der Waals surface area (Å²) in [5, 5.41) is 3.30. The number of aromatic nitrogens is 2. The lowest BCUT2D eigenvalue weighted by Crippen LogP contribution is -2.52. The van der Waals surface area contributed by atoms with E-state index in [0.717, 1.165) is 42.5 Å². The van der Waals surface area contributed by atoms with E-state index in [0.29, 0.717) is 12.3 Å². The summed E-state index contributed by atoms with van der Waals surface area (Å²) in [7, 11) is 0. The fourth-order valence-electron chi connectivity index (χ4n) is 3.21. The van der Waals surface area contributed by atoms with Crippen molar-refractivity contribution in [1.82, 2.24) is 15.3 Å². The largest absolute Gasteiger partial charge is 0.349 e. The average Bonchev–Trinajstić information content (AvgIpc) is 3.19. The van der Waals surface area contributed by atoms with Crippen molar-refractivity contribution in [1.29, 1.82) is 0 Å². The van der Waals surface area contributed by atoms with Crippen molar-refractivity contribution in [3.63, 3.8) is 0 Å². The first-order valence-electron chi connectivity index (χ1n) is 8.19. The van der Waals surface area contributed by atoms with E-state index in [9.17, 15) is 4.79 Å². The molecule has 1 aromatic carbocycles. The molecule has 0 aliphatic heterocycles. The number of hydrogen-bond donors (Lipinski definition) is 3. The molecule has 1 atom stereocenters. The smallest absolute Gasteiger partial charge is 0.230 e. The van der Waals surface area contributed by atoms with Crippen LogP contribution in [0.25, 0.3) is 11.0 Å². The molecule has 24 heavy (non-hydrogen) atoms. The van der Waals surface area contributed by atoms with E-state index >= 15 is 0 Å². The Bertz CT molecular complexity index is 651. The molecule has 1 aromatic heterocycles. The number of aromatic amines is 1. The third kappa shape index (κ3) is 4.23. The molecule has 0 bridgehead atoms. The monoisotopic (exact) mass is 368 g/mol. The summed E-state index contributed by atoms with van der Waals surface area (Å²) in [6.07, 6.45) is 4.30. The minimum Gasteiger partial charge on any atom is -0.349 e. The normalized spacial score (nSPS) is 17.4. The van der Waals surface area contributed by atoms with E-state index in [2.05, 4.69) is 22.2 Å². The molecule has 0 saturated heterocycles. The van der Waals surface area contributed by atoms with Crippen molar-refractivity contribution in [3.05, 3.63) is 30.1 Å². The van der Waals surface area contributed by atoms with Crippen LogP contribution in [-0.2, 0) is 4.79 Å². The van der Waals surface area contributed by atoms with Gasteiger partial charge in [-0.15, -0.1) is 24.2 Å². The zero-order valence-electron chi connectivity index (χ0n) is 13.9. The van der Waals surface area contributed by atoms with Crippen LogP contribution in [0.5, 0.6) is 0 Å². The molecule has 5 nitrogen and oxygen atoms in total. The summed E-state index contributed by atoms with van der Waals surface area (Å²) in [5.74, 6) is 1.42. The summed E-state index contributed by atoms with van der Waals surface area (Å²) in [6.45, 7) is 2.60. The van der Waals surface area contributed by atoms with Gasteiger partial charge in [-0.3, -0.25) is 4.79 Å². The second-order valence-electron chi connectivity index (χ2n) is 6.33. The molecular formula is C17H25ClN4OS. The number of fused-ring (bicyclic) bond motifs is 1. The van der Waals surface area contributed by atoms with Gasteiger partial charge in [0.1, 0.15) is 5.82 Å². The Morgan fingerprint density at radius 3 is 2.79 bits per heavy atom. The van der Waals surface area contributed by atoms with Crippen LogP contribution in [0, 0.1) is 0 Å². The van der Waals surface area contributed by atoms with Crippen LogP contribution in [0.2, 0.25) is 0 Å². The number of para-hydroxylation sites is 2. The van der Waals surface area contributed by atoms with Gasteiger partial charge in [0.05, 0.1) is 27.6 Å². The van der Waals surface area contributed by atoms with Gasteiger partial charge in [-0.1, -0.05) is 25.0 Å². The second kappa shape index (κ2) is 8.23. The lowest BCUT2D eigenvalue weighted by atomic mass is 9.98. The minimum absolute atomic E-state index is 0. The van der Waals surface area contributed by atoms with Crippen LogP contribution in [0.15, 0.2) is 24.3 Å². The molecule has 132 valence electrons. The number of H-pyrrole nitrogens is 1. The van der Waals surface area contributed by atoms with Crippen LogP contribution < -0.4 is 11.1 Å². The molecule has 1 heterocycles. The van der Waals surface area contributed by atoms with E-state index in [1.165, 1.54) is 0 Å². The fourth-order valence-corrected chi connectivity index (χ4v) is 3.95. The third-order valence-electron chi connectivity index (χ3n) is 4.61. The van der Waals surface area contributed by atoms with E-state index in [-0.39, 0.29) is 29.1 Å². The van der Waals surface area contributed by atoms with Crippen molar-refractivity contribution in [2.45, 2.75) is 43.4 Å². The lowest BCUT2D eigenvalue weighted by molar-refractivity contribution is -0.120. The molecule has 1 saturated carbocycles. The number of rotatable bonds is 6. The van der Waals surface area contributed by atoms with Gasteiger partial charge in [0, 0.05) is 6.54 Å². The molecule has 0 radical (unpaired) electrons. The number of thioether (sulfide) groups is 1. The van der Waals surface area contributed by atoms with Gasteiger partial charge in [-0.25, -0.2) is 4.98 Å². The van der Waals surface area contributed by atoms with Crippen molar-refractivity contribution in [2.75, 3.05) is 12.3 Å². The molecule has 2 aromatic rings. The Kier molecular flexibility index (Phi) is 6.54. The summed E-state index contributed by atoms with van der Waals surface area (Å²) >= 11 is 1.60. The van der Waals surface area contributed by atoms with Crippen molar-refractivity contribution < 1.29 is 4.79 Å². The van der Waals surface area contributed by atoms with Gasteiger partial charge in [-0.2, -0.15) is 0 Å². The Morgan fingerprint density at radius 2 is 2.12 bits per heavy atom. The number of nitrogens with one attached hydrogen (secondary N) is 2. The van der Waals surface area contributed by atoms with Crippen LogP contribution in [0.1, 0.15) is 43.7 Å². The summed E-state index contributed by atoms with van der Waals surface area (Å²) in [6, 6.07) is 7.97. The Balaban J connectivity index is 0.00000208. The maximum absolute atomic E-state index is 12.3. The Hall–Kier alpha value is -1.24. The topological polar surface area (TPSA) is 83.8 Å². The fraction of sp³-hybridized carbons (Fsp3) is 0.529. The number of halogens is 1. The first kappa shape index (κ1) is 19.1. The van der Waals surface area contributed by atoms with Crippen molar-refractivity contribution >= 4 is 41.1 Å². The molecule has 1 unspecified atom stereocenters. The quantitative estimate of drug-likeness (QED) is 0.731. The van der Waals surface area contributed by atoms with E-state index in [1.807, 2.05) is 24.3 Å². The number of imidazole rings is 1. The summed E-state index contributed by atoms with van der Waals surface area (Å²) in [4.78, 5) is 20.2. The molecular weight excluding hydrogens is 344 g/mol. The zero-order valence-corrected chi connectivity index (χ0v) is 15.5. The number of nitrogens with zero attached hydrogens (tertiary/aromatic N) is 1. The highest BCUT2D eigenvalue weighted by Crippen LogP contribution is 2.30. The maximum atomic E-state index is 12.3. The number of carbonyl (C=O) groups is 1. The van der Waals surface area contributed by atoms with Gasteiger partial charge in [0.2, 0.25) is 5.91 Å². The Morgan fingerprint density at radius 1 is 1.42 bits per heavy atom. The summed E-state index contributed by atoms with van der Waals surface area (Å²) < 4.78 is 0. The summed E-state index contributed by atoms with van der Waals surface area (Å²) in [5.41, 5.74) is 7.70. The Labute approximate surface area is 153 Å². The minimum atomic E-state index is -0.166. The van der Waals surface area contributed by atoms with Crippen LogP contribution >= 0.6 is 24.2 Å². The first-order valence-corrected chi connectivity index (χ1v) is 9.24. The van der Waals surface area contributed by atoms with Crippen LogP contribution in [0.3, 0.4) is 0 Å². The average molecular weight is 369 g/mol. The number of carbonyl (C=O) groups excluding carboxylic acids is 1. The van der Waals surface area contributed by atoms with Gasteiger partial charge in [0.15, 0.2) is 0 Å². The van der Waals surface area contributed by atoms with E-state index < -0.39 is 0 Å². The van der Waals surface area contributed by atoms with E-state index in [1.54, 1.807) is 11.8 Å². The van der Waals surface area contributed by atoms with Crippen LogP contribution in [0.4, 0.5) is 0 Å². The van der Waals surface area contributed by atoms with Gasteiger partial charge in [-0.05, 0) is 31.9 Å². The molecule has 1 aliphatic rings. The molecule has 0 spiro atoms. The maximum Gasteiger partial charge on any atom is 0.230 e. The van der Waals surface area contributed by atoms with Gasteiger partial charge in [0.25, 0.3) is 0 Å². The number of hydrogen-bond acceptors (Lipinski definition) is 4. The highest BCUT2D eigenvalue weighted by molar-refractivity contribution is 8.00. The predicted octanol–water partition coefficient (Wildman–Crippen LogP) is 3.17. The lowest BCUT2D eigenvalue weighted by Gasteiger charge is -2.28. The second-order valence-corrected chi connectivity index (χ2v) is 7.66. The van der Waals surface area contributed by atoms with E-state index in [4.69, 9.17) is 5.73 Å². The highest BCUT2D eigenvalue weighted by Gasteiger charge is 2.33. The zero-order chi connectivity index (χ0) is 16.3. The van der Waals surface area contributed by atoms with Gasteiger partial charge < -0.3 is 16.0 Å². The number of nitrogens with two attached hydrogens (primary N) is 1. The third-order valence-corrected chi connectivity index (χ3v) is 5.77. The molecule has 7 heteroatoms. The SMILES string of the molecule is CC(SCC(=O)NC1(CN)CCCC1)c1nc2ccccc2[nH]1.Cl.